The smallest absolute Gasteiger partial charge is 0.258 e. The van der Waals surface area contributed by atoms with Crippen LogP contribution in [-0.4, -0.2) is 4.92 Å². The molecule has 0 aromatic heterocycles. The van der Waals surface area contributed by atoms with Crippen molar-refractivity contribution in [2.24, 2.45) is 0 Å². The van der Waals surface area contributed by atoms with Crippen LogP contribution in [-0.2, 0) is 6.18 Å². The lowest BCUT2D eigenvalue weighted by molar-refractivity contribution is -0.385. The van der Waals surface area contributed by atoms with E-state index in [1.165, 1.54) is 12.1 Å². The Morgan fingerprint density at radius 1 is 1.05 bits per heavy atom. The minimum absolute atomic E-state index is 0.00669. The SMILES string of the molecule is O=[N+]([O-])c1ccc(-c2cccc(F)c2)c(C(F)(F)F)c1. The number of alkyl halides is 3. The lowest BCUT2D eigenvalue weighted by Crippen LogP contribution is -2.08. The van der Waals surface area contributed by atoms with Crippen molar-refractivity contribution < 1.29 is 22.5 Å². The number of hydrogen-bond donors (Lipinski definition) is 0. The van der Waals surface area contributed by atoms with Crippen LogP contribution in [0.2, 0.25) is 0 Å². The van der Waals surface area contributed by atoms with Gasteiger partial charge in [-0.15, -0.1) is 0 Å². The van der Waals surface area contributed by atoms with Gasteiger partial charge in [-0.3, -0.25) is 10.1 Å². The van der Waals surface area contributed by atoms with Crippen LogP contribution in [0.5, 0.6) is 0 Å². The maximum atomic E-state index is 13.1. The van der Waals surface area contributed by atoms with Crippen LogP contribution in [0.25, 0.3) is 11.1 Å². The van der Waals surface area contributed by atoms with E-state index in [2.05, 4.69) is 0 Å². The average molecular weight is 285 g/mol. The molecule has 0 N–H and O–H groups in total. The monoisotopic (exact) mass is 285 g/mol. The molecule has 0 unspecified atom stereocenters. The Hall–Kier alpha value is -2.44. The van der Waals surface area contributed by atoms with Crippen LogP contribution in [0.15, 0.2) is 42.5 Å². The highest BCUT2D eigenvalue weighted by atomic mass is 19.4. The van der Waals surface area contributed by atoms with Crippen molar-refractivity contribution >= 4 is 5.69 Å². The first kappa shape index (κ1) is 14.0. The number of benzene rings is 2. The van der Waals surface area contributed by atoms with Gasteiger partial charge in [0, 0.05) is 12.1 Å². The molecule has 2 rings (SSSR count). The van der Waals surface area contributed by atoms with Crippen LogP contribution in [0.4, 0.5) is 23.2 Å². The number of nitro benzene ring substituents is 1. The molecule has 2 aromatic carbocycles. The third kappa shape index (κ3) is 2.76. The fourth-order valence-corrected chi connectivity index (χ4v) is 1.79. The first-order valence-electron chi connectivity index (χ1n) is 5.40. The summed E-state index contributed by atoms with van der Waals surface area (Å²) in [4.78, 5) is 9.65. The zero-order valence-corrected chi connectivity index (χ0v) is 9.82. The van der Waals surface area contributed by atoms with Gasteiger partial charge in [0.05, 0.1) is 10.5 Å². The third-order valence-corrected chi connectivity index (χ3v) is 2.65. The van der Waals surface area contributed by atoms with Crippen LogP contribution in [0, 0.1) is 15.9 Å². The largest absolute Gasteiger partial charge is 0.417 e. The second kappa shape index (κ2) is 4.92. The minimum Gasteiger partial charge on any atom is -0.258 e. The van der Waals surface area contributed by atoms with Crippen LogP contribution < -0.4 is 0 Å². The van der Waals surface area contributed by atoms with Crippen LogP contribution in [0.1, 0.15) is 5.56 Å². The maximum absolute atomic E-state index is 13.1. The molecule has 0 saturated heterocycles. The fourth-order valence-electron chi connectivity index (χ4n) is 1.79. The van der Waals surface area contributed by atoms with E-state index in [1.807, 2.05) is 0 Å². The summed E-state index contributed by atoms with van der Waals surface area (Å²) >= 11 is 0. The summed E-state index contributed by atoms with van der Waals surface area (Å²) in [6, 6.07) is 6.98. The molecule has 2 aromatic rings. The Morgan fingerprint density at radius 2 is 1.75 bits per heavy atom. The van der Waals surface area contributed by atoms with E-state index in [9.17, 15) is 27.7 Å². The van der Waals surface area contributed by atoms with Crippen molar-refractivity contribution in [1.29, 1.82) is 0 Å². The zero-order chi connectivity index (χ0) is 14.9. The summed E-state index contributed by atoms with van der Waals surface area (Å²) in [7, 11) is 0. The highest BCUT2D eigenvalue weighted by molar-refractivity contribution is 5.69. The number of non-ortho nitro benzene ring substituents is 1. The number of nitro groups is 1. The topological polar surface area (TPSA) is 43.1 Å². The summed E-state index contributed by atoms with van der Waals surface area (Å²) < 4.78 is 52.0. The molecule has 0 fully saturated rings. The predicted molar refractivity (Wildman–Crippen MR) is 63.5 cm³/mol. The first-order valence-corrected chi connectivity index (χ1v) is 5.40. The Morgan fingerprint density at radius 3 is 2.30 bits per heavy atom. The molecule has 0 saturated carbocycles. The molecule has 0 heterocycles. The van der Waals surface area contributed by atoms with Crippen molar-refractivity contribution in [2.45, 2.75) is 6.18 Å². The Kier molecular flexibility index (Phi) is 3.44. The van der Waals surface area contributed by atoms with Crippen molar-refractivity contribution in [1.82, 2.24) is 0 Å². The van der Waals surface area contributed by atoms with Crippen LogP contribution >= 0.6 is 0 Å². The Balaban J connectivity index is 2.67. The average Bonchev–Trinajstić information content (AvgIpc) is 2.37. The van der Waals surface area contributed by atoms with Crippen molar-refractivity contribution in [3.8, 4) is 11.1 Å². The summed E-state index contributed by atoms with van der Waals surface area (Å²) in [5.74, 6) is -0.686. The predicted octanol–water partition coefficient (Wildman–Crippen LogP) is 4.42. The van der Waals surface area contributed by atoms with Gasteiger partial charge in [-0.25, -0.2) is 4.39 Å². The van der Waals surface area contributed by atoms with Gasteiger partial charge in [-0.05, 0) is 29.3 Å². The maximum Gasteiger partial charge on any atom is 0.417 e. The van der Waals surface area contributed by atoms with Crippen LogP contribution in [0.3, 0.4) is 0 Å². The summed E-state index contributed by atoms with van der Waals surface area (Å²) in [6.07, 6.45) is -4.77. The second-order valence-corrected chi connectivity index (χ2v) is 4.00. The van der Waals surface area contributed by atoms with E-state index in [0.29, 0.717) is 6.07 Å². The van der Waals surface area contributed by atoms with Gasteiger partial charge in [0.2, 0.25) is 0 Å². The van der Waals surface area contributed by atoms with Crippen molar-refractivity contribution in [3.05, 3.63) is 64.0 Å². The first-order chi connectivity index (χ1) is 9.29. The molecule has 0 atom stereocenters. The molecular weight excluding hydrogens is 278 g/mol. The molecular formula is C13H7F4NO2. The van der Waals surface area contributed by atoms with E-state index in [1.54, 1.807) is 0 Å². The van der Waals surface area contributed by atoms with Gasteiger partial charge in [0.15, 0.2) is 0 Å². The number of hydrogen-bond acceptors (Lipinski definition) is 2. The Bertz CT molecular complexity index is 668. The van der Waals surface area contributed by atoms with E-state index >= 15 is 0 Å². The molecule has 0 spiro atoms. The van der Waals surface area contributed by atoms with Gasteiger partial charge < -0.3 is 0 Å². The summed E-state index contributed by atoms with van der Waals surface area (Å²) in [6.45, 7) is 0. The van der Waals surface area contributed by atoms with E-state index in [-0.39, 0.29) is 11.1 Å². The lowest BCUT2D eigenvalue weighted by atomic mass is 9.98. The third-order valence-electron chi connectivity index (χ3n) is 2.65. The molecule has 0 radical (unpaired) electrons. The summed E-state index contributed by atoms with van der Waals surface area (Å²) in [5, 5.41) is 10.6. The van der Waals surface area contributed by atoms with Gasteiger partial charge >= 0.3 is 6.18 Å². The number of nitrogens with zero attached hydrogens (tertiary/aromatic N) is 1. The van der Waals surface area contributed by atoms with Gasteiger partial charge in [0.25, 0.3) is 5.69 Å². The highest BCUT2D eigenvalue weighted by Crippen LogP contribution is 2.39. The highest BCUT2D eigenvalue weighted by Gasteiger charge is 2.35. The number of halogens is 4. The lowest BCUT2D eigenvalue weighted by Gasteiger charge is -2.12. The van der Waals surface area contributed by atoms with Gasteiger partial charge in [0.1, 0.15) is 5.82 Å². The second-order valence-electron chi connectivity index (χ2n) is 4.00. The molecule has 0 amide bonds. The zero-order valence-electron chi connectivity index (χ0n) is 9.82. The van der Waals surface area contributed by atoms with Gasteiger partial charge in [-0.1, -0.05) is 12.1 Å². The quantitative estimate of drug-likeness (QED) is 0.465. The molecule has 0 bridgehead atoms. The normalized spacial score (nSPS) is 11.4. The van der Waals surface area contributed by atoms with E-state index in [0.717, 1.165) is 24.3 Å². The molecule has 20 heavy (non-hydrogen) atoms. The number of rotatable bonds is 2. The molecule has 3 nitrogen and oxygen atoms in total. The molecule has 0 aliphatic heterocycles. The fraction of sp³-hybridized carbons (Fsp3) is 0.0769. The standard InChI is InChI=1S/C13H7F4NO2/c14-9-3-1-2-8(6-9)11-5-4-10(18(19)20)7-12(11)13(15,16)17/h1-7H. The Labute approximate surface area is 110 Å². The van der Waals surface area contributed by atoms with E-state index < -0.39 is 28.2 Å². The summed E-state index contributed by atoms with van der Waals surface area (Å²) in [5.41, 5.74) is -2.13. The molecule has 7 heteroatoms. The molecule has 0 aliphatic carbocycles. The van der Waals surface area contributed by atoms with E-state index in [4.69, 9.17) is 0 Å². The minimum atomic E-state index is -4.77. The molecule has 104 valence electrons. The molecule has 0 aliphatic rings. The van der Waals surface area contributed by atoms with Gasteiger partial charge in [-0.2, -0.15) is 13.2 Å². The van der Waals surface area contributed by atoms with Crippen molar-refractivity contribution in [3.63, 3.8) is 0 Å². The van der Waals surface area contributed by atoms with Crippen molar-refractivity contribution in [2.75, 3.05) is 0 Å².